The Morgan fingerprint density at radius 2 is 2.40 bits per heavy atom. The molecule has 0 radical (unpaired) electrons. The van der Waals surface area contributed by atoms with Gasteiger partial charge < -0.3 is 14.8 Å². The van der Waals surface area contributed by atoms with Crippen LogP contribution in [-0.2, 0) is 9.47 Å². The molecule has 1 heterocycles. The van der Waals surface area contributed by atoms with Gasteiger partial charge in [-0.15, -0.1) is 12.4 Å². The fourth-order valence-electron chi connectivity index (χ4n) is 1.56. The van der Waals surface area contributed by atoms with Gasteiger partial charge in [0.2, 0.25) is 0 Å². The van der Waals surface area contributed by atoms with Crippen LogP contribution in [0.15, 0.2) is 12.2 Å². The highest BCUT2D eigenvalue weighted by molar-refractivity contribution is 5.85. The molecule has 1 N–H and O–H groups in total. The Morgan fingerprint density at radius 1 is 1.67 bits per heavy atom. The van der Waals surface area contributed by atoms with Gasteiger partial charge in [-0.2, -0.15) is 0 Å². The topological polar surface area (TPSA) is 30.5 Å². The molecule has 1 saturated heterocycles. The number of rotatable bonds is 5. The molecule has 1 rings (SSSR count). The van der Waals surface area contributed by atoms with E-state index >= 15 is 0 Å². The molecule has 0 amide bonds. The molecule has 15 heavy (non-hydrogen) atoms. The quantitative estimate of drug-likeness (QED) is 0.737. The summed E-state index contributed by atoms with van der Waals surface area (Å²) in [4.78, 5) is 0. The zero-order valence-corrected chi connectivity index (χ0v) is 10.4. The third kappa shape index (κ3) is 5.52. The fourth-order valence-corrected chi connectivity index (χ4v) is 1.56. The summed E-state index contributed by atoms with van der Waals surface area (Å²) in [6.07, 6.45) is 1.38. The minimum absolute atomic E-state index is 0. The minimum Gasteiger partial charge on any atom is -0.373 e. The lowest BCUT2D eigenvalue weighted by Crippen LogP contribution is -2.46. The Hall–Kier alpha value is -0.0900. The van der Waals surface area contributed by atoms with Crippen LogP contribution in [0.4, 0.5) is 0 Å². The standard InChI is InChI=1S/C11H21NO2.ClH/c1-4-10(14-8-9(2)3)11-7-12-5-6-13-11;/h10-12H,2,4-8H2,1,3H3;1H. The molecule has 90 valence electrons. The second-order valence-corrected chi connectivity index (χ2v) is 3.83. The molecule has 1 aliphatic rings. The third-order valence-electron chi connectivity index (χ3n) is 2.32. The van der Waals surface area contributed by atoms with Crippen LogP contribution in [0.5, 0.6) is 0 Å². The predicted molar refractivity (Wildman–Crippen MR) is 64.7 cm³/mol. The van der Waals surface area contributed by atoms with Crippen molar-refractivity contribution in [2.75, 3.05) is 26.3 Å². The van der Waals surface area contributed by atoms with Crippen LogP contribution in [0.1, 0.15) is 20.3 Å². The molecule has 1 fully saturated rings. The summed E-state index contributed by atoms with van der Waals surface area (Å²) in [6.45, 7) is 11.2. The van der Waals surface area contributed by atoms with E-state index < -0.39 is 0 Å². The fraction of sp³-hybridized carbons (Fsp3) is 0.818. The van der Waals surface area contributed by atoms with Crippen molar-refractivity contribution in [3.05, 3.63) is 12.2 Å². The predicted octanol–water partition coefficient (Wildman–Crippen LogP) is 1.77. The summed E-state index contributed by atoms with van der Waals surface area (Å²) in [5.41, 5.74) is 1.06. The third-order valence-corrected chi connectivity index (χ3v) is 2.32. The second-order valence-electron chi connectivity index (χ2n) is 3.83. The monoisotopic (exact) mass is 235 g/mol. The number of nitrogens with one attached hydrogen (secondary N) is 1. The molecule has 3 nitrogen and oxygen atoms in total. The minimum atomic E-state index is 0. The first-order valence-corrected chi connectivity index (χ1v) is 5.32. The second kappa shape index (κ2) is 8.11. The van der Waals surface area contributed by atoms with Crippen LogP contribution in [0.25, 0.3) is 0 Å². The maximum absolute atomic E-state index is 5.73. The zero-order chi connectivity index (χ0) is 10.4. The first-order chi connectivity index (χ1) is 6.74. The molecule has 0 aromatic heterocycles. The van der Waals surface area contributed by atoms with Crippen LogP contribution in [-0.4, -0.2) is 38.5 Å². The molecule has 0 spiro atoms. The number of hydrogen-bond donors (Lipinski definition) is 1. The maximum atomic E-state index is 5.73. The SMILES string of the molecule is C=C(C)COC(CC)C1CNCCO1.Cl. The zero-order valence-electron chi connectivity index (χ0n) is 9.62. The van der Waals surface area contributed by atoms with Crippen LogP contribution in [0.3, 0.4) is 0 Å². The lowest BCUT2D eigenvalue weighted by Gasteiger charge is -2.30. The van der Waals surface area contributed by atoms with Gasteiger partial charge in [-0.05, 0) is 13.3 Å². The molecule has 0 aromatic rings. The molecule has 0 bridgehead atoms. The summed E-state index contributed by atoms with van der Waals surface area (Å²) in [5, 5.41) is 3.31. The highest BCUT2D eigenvalue weighted by Gasteiger charge is 2.23. The van der Waals surface area contributed by atoms with Crippen LogP contribution >= 0.6 is 12.4 Å². The number of halogens is 1. The van der Waals surface area contributed by atoms with E-state index in [9.17, 15) is 0 Å². The van der Waals surface area contributed by atoms with Crippen LogP contribution < -0.4 is 5.32 Å². The van der Waals surface area contributed by atoms with Crippen LogP contribution in [0, 0.1) is 0 Å². The highest BCUT2D eigenvalue weighted by Crippen LogP contribution is 2.11. The molecule has 2 unspecified atom stereocenters. The molecule has 1 aliphatic heterocycles. The van der Waals surface area contributed by atoms with E-state index in [1.807, 2.05) is 6.92 Å². The van der Waals surface area contributed by atoms with Gasteiger partial charge in [0.05, 0.1) is 25.4 Å². The average molecular weight is 236 g/mol. The molecule has 4 heteroatoms. The lowest BCUT2D eigenvalue weighted by atomic mass is 10.1. The van der Waals surface area contributed by atoms with Crippen molar-refractivity contribution in [1.82, 2.24) is 5.32 Å². The van der Waals surface area contributed by atoms with Gasteiger partial charge in [0.1, 0.15) is 0 Å². The Bertz CT molecular complexity index is 181. The van der Waals surface area contributed by atoms with E-state index in [4.69, 9.17) is 9.47 Å². The summed E-state index contributed by atoms with van der Waals surface area (Å²) in [7, 11) is 0. The van der Waals surface area contributed by atoms with Crippen molar-refractivity contribution in [2.24, 2.45) is 0 Å². The van der Waals surface area contributed by atoms with Gasteiger partial charge in [0, 0.05) is 13.1 Å². The van der Waals surface area contributed by atoms with E-state index in [-0.39, 0.29) is 24.6 Å². The van der Waals surface area contributed by atoms with Crippen LogP contribution in [0.2, 0.25) is 0 Å². The van der Waals surface area contributed by atoms with E-state index in [0.717, 1.165) is 31.7 Å². The van der Waals surface area contributed by atoms with E-state index in [1.54, 1.807) is 0 Å². The number of hydrogen-bond acceptors (Lipinski definition) is 3. The summed E-state index contributed by atoms with van der Waals surface area (Å²) >= 11 is 0. The van der Waals surface area contributed by atoms with E-state index in [1.165, 1.54) is 0 Å². The van der Waals surface area contributed by atoms with Gasteiger partial charge >= 0.3 is 0 Å². The van der Waals surface area contributed by atoms with Gasteiger partial charge in [-0.25, -0.2) is 0 Å². The average Bonchev–Trinajstić information content (AvgIpc) is 2.20. The molecule has 0 aliphatic carbocycles. The Morgan fingerprint density at radius 3 is 2.87 bits per heavy atom. The van der Waals surface area contributed by atoms with Crippen molar-refractivity contribution in [2.45, 2.75) is 32.5 Å². The summed E-state index contributed by atoms with van der Waals surface area (Å²) in [6, 6.07) is 0. The number of morpholine rings is 1. The number of ether oxygens (including phenoxy) is 2. The van der Waals surface area contributed by atoms with Crippen molar-refractivity contribution in [3.8, 4) is 0 Å². The van der Waals surface area contributed by atoms with Crippen molar-refractivity contribution in [1.29, 1.82) is 0 Å². The molecular formula is C11H22ClNO2. The smallest absolute Gasteiger partial charge is 0.0961 e. The molecular weight excluding hydrogens is 214 g/mol. The summed E-state index contributed by atoms with van der Waals surface area (Å²) < 4.78 is 11.4. The van der Waals surface area contributed by atoms with Crippen molar-refractivity contribution < 1.29 is 9.47 Å². The maximum Gasteiger partial charge on any atom is 0.0961 e. The van der Waals surface area contributed by atoms with Gasteiger partial charge in [-0.3, -0.25) is 0 Å². The van der Waals surface area contributed by atoms with Crippen molar-refractivity contribution >= 4 is 12.4 Å². The first-order valence-electron chi connectivity index (χ1n) is 5.32. The lowest BCUT2D eigenvalue weighted by molar-refractivity contribution is -0.0798. The molecule has 2 atom stereocenters. The van der Waals surface area contributed by atoms with Crippen molar-refractivity contribution in [3.63, 3.8) is 0 Å². The molecule has 0 saturated carbocycles. The van der Waals surface area contributed by atoms with E-state index in [0.29, 0.717) is 6.61 Å². The normalized spacial score (nSPS) is 22.9. The Kier molecular flexibility index (Phi) is 8.06. The first kappa shape index (κ1) is 14.9. The van der Waals surface area contributed by atoms with Gasteiger partial charge in [-0.1, -0.05) is 19.1 Å². The largest absolute Gasteiger partial charge is 0.373 e. The molecule has 0 aromatic carbocycles. The van der Waals surface area contributed by atoms with E-state index in [2.05, 4.69) is 18.8 Å². The summed E-state index contributed by atoms with van der Waals surface area (Å²) in [5.74, 6) is 0. The Balaban J connectivity index is 0.00000196. The highest BCUT2D eigenvalue weighted by atomic mass is 35.5. The van der Waals surface area contributed by atoms with Gasteiger partial charge in [0.25, 0.3) is 0 Å². The Labute approximate surface area is 98.6 Å². The van der Waals surface area contributed by atoms with Gasteiger partial charge in [0.15, 0.2) is 0 Å².